The van der Waals surface area contributed by atoms with E-state index in [-0.39, 0.29) is 11.2 Å². The lowest BCUT2D eigenvalue weighted by Crippen LogP contribution is -2.41. The van der Waals surface area contributed by atoms with Gasteiger partial charge in [-0.05, 0) is 141 Å². The smallest absolute Gasteiger partial charge is 0.456 e. The van der Waals surface area contributed by atoms with Crippen LogP contribution < -0.4 is 5.46 Å². The Kier molecular flexibility index (Phi) is 15.2. The number of fused-ring (bicyclic) bond motifs is 22. The molecule has 0 N–H and O–H groups in total. The molecule has 0 radical (unpaired) electrons. The highest BCUT2D eigenvalue weighted by atomic mass is 79.9. The summed E-state index contributed by atoms with van der Waals surface area (Å²) >= 11 is 3.57. The summed E-state index contributed by atoms with van der Waals surface area (Å²) in [5.41, 5.74) is 18.1. The molecule has 0 saturated carbocycles. The number of halogens is 1. The molecule has 21 rings (SSSR count). The van der Waals surface area contributed by atoms with Crippen molar-refractivity contribution in [2.45, 2.75) is 38.9 Å². The summed E-state index contributed by atoms with van der Waals surface area (Å²) in [6.45, 7) is 8.27. The van der Waals surface area contributed by atoms with Crippen LogP contribution in [-0.2, 0) is 9.31 Å². The van der Waals surface area contributed by atoms with E-state index >= 15 is 0 Å². The van der Waals surface area contributed by atoms with Gasteiger partial charge < -0.3 is 18.1 Å². The van der Waals surface area contributed by atoms with Crippen molar-refractivity contribution in [3.63, 3.8) is 0 Å². The molecule has 4 aromatic heterocycles. The van der Waals surface area contributed by atoms with E-state index in [1.165, 1.54) is 54.0 Å². The van der Waals surface area contributed by atoms with Crippen LogP contribution in [0.4, 0.5) is 0 Å². The van der Waals surface area contributed by atoms with Gasteiger partial charge >= 0.3 is 7.12 Å². The zero-order valence-electron chi connectivity index (χ0n) is 57.4. The van der Waals surface area contributed by atoms with Gasteiger partial charge in [-0.25, -0.2) is 9.97 Å². The molecule has 8 nitrogen and oxygen atoms in total. The average molecular weight is 1400 g/mol. The van der Waals surface area contributed by atoms with E-state index in [4.69, 9.17) is 38.1 Å². The van der Waals surface area contributed by atoms with Gasteiger partial charge in [0.15, 0.2) is 0 Å². The molecule has 1 saturated heterocycles. The Morgan fingerprint density at radius 3 is 1.13 bits per heavy atom. The van der Waals surface area contributed by atoms with E-state index in [0.717, 1.165) is 142 Å². The van der Waals surface area contributed by atoms with Crippen molar-refractivity contribution in [2.24, 2.45) is 0 Å². The second-order valence-electron chi connectivity index (χ2n) is 27.9. The van der Waals surface area contributed by atoms with E-state index in [9.17, 15) is 0 Å². The molecule has 1 aliphatic rings. The number of furan rings is 2. The number of hydrogen-bond donors (Lipinski definition) is 0. The molecule has 20 aromatic rings. The van der Waals surface area contributed by atoms with Crippen LogP contribution in [-0.4, -0.2) is 38.3 Å². The molecule has 0 spiro atoms. The molecule has 104 heavy (non-hydrogen) atoms. The van der Waals surface area contributed by atoms with Gasteiger partial charge in [0.05, 0.1) is 57.1 Å². The molecular formula is C94H64BBrN4O4. The minimum absolute atomic E-state index is 0.376. The van der Waals surface area contributed by atoms with Gasteiger partial charge in [0, 0.05) is 69.7 Å². The van der Waals surface area contributed by atoms with Crippen LogP contribution in [0.1, 0.15) is 27.7 Å². The molecule has 494 valence electrons. The maximum absolute atomic E-state index is 6.55. The third-order valence-electron chi connectivity index (χ3n) is 21.1. The monoisotopic (exact) mass is 1400 g/mol. The average Bonchev–Trinajstić information content (AvgIpc) is 0.863. The number of nitrogens with zero attached hydrogens (tertiary/aromatic N) is 4. The second-order valence-corrected chi connectivity index (χ2v) is 28.8. The largest absolute Gasteiger partial charge is 0.498 e. The van der Waals surface area contributed by atoms with Crippen LogP contribution in [0.15, 0.2) is 329 Å². The summed E-state index contributed by atoms with van der Waals surface area (Å²) in [7, 11) is -0.435. The molecule has 10 heteroatoms. The predicted octanol–water partition coefficient (Wildman–Crippen LogP) is 25.1. The summed E-state index contributed by atoms with van der Waals surface area (Å²) in [6.07, 6.45) is 3.80. The Balaban J connectivity index is 0.000000113. The predicted molar refractivity (Wildman–Crippen MR) is 436 cm³/mol. The minimum Gasteiger partial charge on any atom is -0.456 e. The van der Waals surface area contributed by atoms with Gasteiger partial charge in [0.1, 0.15) is 22.3 Å². The van der Waals surface area contributed by atoms with Crippen LogP contribution in [0.3, 0.4) is 0 Å². The lowest BCUT2D eigenvalue weighted by molar-refractivity contribution is 0.00578. The molecule has 16 aromatic carbocycles. The van der Waals surface area contributed by atoms with Crippen molar-refractivity contribution in [1.29, 1.82) is 0 Å². The van der Waals surface area contributed by atoms with Crippen LogP contribution in [0.5, 0.6) is 0 Å². The van der Waals surface area contributed by atoms with E-state index in [1.54, 1.807) is 0 Å². The Hall–Kier alpha value is -12.2. The number of para-hydroxylation sites is 2. The zero-order valence-corrected chi connectivity index (χ0v) is 59.0. The van der Waals surface area contributed by atoms with E-state index in [0.29, 0.717) is 0 Å². The van der Waals surface area contributed by atoms with E-state index < -0.39 is 7.12 Å². The SMILES string of the molecule is Brc1cccc(-c2cccc(-c3cnc4c5ccccc5c5ccccc5c4n3)c2)c1.CC1(C)OB(c2cccc3c2oc2ccc4ccccc4c23)OC1(C)C.c1cc(-c2cccc(-c3cccc4c3oc3ccc5ccccc5c34)c2)cc(-c2cnc3c4ccccc4c4ccccc4c3n2)c1. The maximum atomic E-state index is 6.55. The first-order valence-electron chi connectivity index (χ1n) is 35.2. The number of aromatic nitrogens is 4. The number of benzene rings is 16. The molecule has 0 atom stereocenters. The maximum Gasteiger partial charge on any atom is 0.498 e. The molecule has 5 heterocycles. The highest BCUT2D eigenvalue weighted by Crippen LogP contribution is 2.44. The summed E-state index contributed by atoms with van der Waals surface area (Å²) in [5, 5.41) is 18.7. The lowest BCUT2D eigenvalue weighted by Gasteiger charge is -2.32. The Morgan fingerprint density at radius 1 is 0.298 bits per heavy atom. The fourth-order valence-corrected chi connectivity index (χ4v) is 15.7. The quantitative estimate of drug-likeness (QED) is 0.120. The first kappa shape index (κ1) is 62.8. The lowest BCUT2D eigenvalue weighted by atomic mass is 9.78. The zero-order chi connectivity index (χ0) is 69.8. The van der Waals surface area contributed by atoms with Crippen molar-refractivity contribution in [3.8, 4) is 55.9 Å². The number of rotatable bonds is 6. The van der Waals surface area contributed by atoms with Gasteiger partial charge in [-0.3, -0.25) is 9.97 Å². The molecule has 1 aliphatic heterocycles. The summed E-state index contributed by atoms with van der Waals surface area (Å²) in [5.74, 6) is 0. The molecule has 0 unspecified atom stereocenters. The third-order valence-corrected chi connectivity index (χ3v) is 21.6. The van der Waals surface area contributed by atoms with Crippen molar-refractivity contribution < 1.29 is 18.1 Å². The molecule has 0 amide bonds. The molecule has 0 bridgehead atoms. The Morgan fingerprint density at radius 2 is 0.654 bits per heavy atom. The fraction of sp³-hybridized carbons (Fsp3) is 0.0638. The first-order valence-corrected chi connectivity index (χ1v) is 36.0. The molecule has 0 aliphatic carbocycles. The second kappa shape index (κ2) is 25.1. The standard InChI is InChI=1S/C44H26N2O.C28H17BrN2.C22H21BO3/c1-2-15-32-27(10-1)22-23-40-41(32)38-21-9-20-33(44(38)47-40)30-13-7-11-28(24-30)29-12-8-14-31(25-29)39-26-45-42-36-18-5-3-16-34(36)35-17-4-6-19-37(35)43(42)46-39;29-21-10-6-8-19(16-21)18-7-5-9-20(15-18)26-17-30-27-24-13-3-1-11-22(24)23-12-2-4-14-25(23)28(27)31-26;1-21(2)22(3,4)26-23(25-21)17-11-7-10-16-19-15-9-6-5-8-14(15)12-13-18(19)24-20(16)17/h1-26H;1-17H;5-13H,1-4H3. The van der Waals surface area contributed by atoms with Crippen molar-refractivity contribution in [3.05, 3.63) is 320 Å². The summed E-state index contributed by atoms with van der Waals surface area (Å²) < 4.78 is 26.4. The normalized spacial score (nSPS) is 13.5. The van der Waals surface area contributed by atoms with Crippen LogP contribution >= 0.6 is 15.9 Å². The minimum atomic E-state index is -0.435. The van der Waals surface area contributed by atoms with Crippen molar-refractivity contribution in [2.75, 3.05) is 0 Å². The highest BCUT2D eigenvalue weighted by Gasteiger charge is 2.52. The third kappa shape index (κ3) is 10.7. The number of hydrogen-bond acceptors (Lipinski definition) is 8. The summed E-state index contributed by atoms with van der Waals surface area (Å²) in [4.78, 5) is 20.2. The van der Waals surface area contributed by atoms with E-state index in [1.807, 2.05) is 30.6 Å². The van der Waals surface area contributed by atoms with Gasteiger partial charge in [-0.15, -0.1) is 0 Å². The molecular weight excluding hydrogens is 1340 g/mol. The Bertz CT molecular complexity index is 6790. The van der Waals surface area contributed by atoms with Crippen LogP contribution in [0.2, 0.25) is 0 Å². The van der Waals surface area contributed by atoms with Crippen LogP contribution in [0, 0.1) is 0 Å². The van der Waals surface area contributed by atoms with Gasteiger partial charge in [0.2, 0.25) is 0 Å². The topological polar surface area (TPSA) is 96.3 Å². The Labute approximate surface area is 608 Å². The van der Waals surface area contributed by atoms with Gasteiger partial charge in [0.25, 0.3) is 0 Å². The first-order chi connectivity index (χ1) is 50.9. The van der Waals surface area contributed by atoms with Crippen molar-refractivity contribution in [1.82, 2.24) is 19.9 Å². The fourth-order valence-electron chi connectivity index (χ4n) is 15.3. The summed E-state index contributed by atoms with van der Waals surface area (Å²) in [6, 6.07) is 106. The van der Waals surface area contributed by atoms with Crippen LogP contribution in [0.25, 0.3) is 186 Å². The van der Waals surface area contributed by atoms with E-state index in [2.05, 4.69) is 329 Å². The molecule has 1 fully saturated rings. The highest BCUT2D eigenvalue weighted by molar-refractivity contribution is 9.10. The van der Waals surface area contributed by atoms with Gasteiger partial charge in [-0.1, -0.05) is 277 Å². The van der Waals surface area contributed by atoms with Crippen molar-refractivity contribution >= 4 is 159 Å². The van der Waals surface area contributed by atoms with Gasteiger partial charge in [-0.2, -0.15) is 0 Å².